The maximum Gasteiger partial charge on any atom is 0.170 e. The van der Waals surface area contributed by atoms with Gasteiger partial charge in [-0.1, -0.05) is 35.3 Å². The van der Waals surface area contributed by atoms with E-state index in [9.17, 15) is 0 Å². The Hall–Kier alpha value is -1.49. The summed E-state index contributed by atoms with van der Waals surface area (Å²) in [5.41, 5.74) is 3.25. The number of halogens is 2. The van der Waals surface area contributed by atoms with Crippen molar-refractivity contribution in [3.8, 4) is 0 Å². The zero-order valence-corrected chi connectivity index (χ0v) is 16.1. The number of rotatable bonds is 6. The van der Waals surface area contributed by atoms with Crippen LogP contribution in [0.1, 0.15) is 12.5 Å². The summed E-state index contributed by atoms with van der Waals surface area (Å²) >= 11 is 17.3. The van der Waals surface area contributed by atoms with Crippen molar-refractivity contribution in [1.82, 2.24) is 5.32 Å². The number of thiocarbonyl (C=S) groups is 1. The molecule has 0 atom stereocenters. The van der Waals surface area contributed by atoms with Crippen LogP contribution >= 0.6 is 35.4 Å². The molecule has 0 aliphatic rings. The number of hydrogen-bond donors (Lipinski definition) is 2. The van der Waals surface area contributed by atoms with Crippen molar-refractivity contribution in [2.45, 2.75) is 13.8 Å². The monoisotopic (exact) mass is 381 g/mol. The van der Waals surface area contributed by atoms with Crippen LogP contribution in [0, 0.1) is 6.92 Å². The van der Waals surface area contributed by atoms with Crippen LogP contribution in [0.2, 0.25) is 10.0 Å². The number of nitrogens with one attached hydrogen (secondary N) is 2. The van der Waals surface area contributed by atoms with Crippen LogP contribution in [0.5, 0.6) is 0 Å². The van der Waals surface area contributed by atoms with Gasteiger partial charge >= 0.3 is 0 Å². The quantitative estimate of drug-likeness (QED) is 0.679. The first-order valence-electron chi connectivity index (χ1n) is 7.80. The lowest BCUT2D eigenvalue weighted by Gasteiger charge is -2.24. The highest BCUT2D eigenvalue weighted by Gasteiger charge is 2.05. The summed E-state index contributed by atoms with van der Waals surface area (Å²) in [5.74, 6) is 0. The van der Waals surface area contributed by atoms with Gasteiger partial charge in [0.05, 0.1) is 0 Å². The van der Waals surface area contributed by atoms with Crippen molar-refractivity contribution in [1.29, 1.82) is 0 Å². The Morgan fingerprint density at radius 3 is 2.46 bits per heavy atom. The Bertz CT molecular complexity index is 686. The smallest absolute Gasteiger partial charge is 0.170 e. The average Bonchev–Trinajstić information content (AvgIpc) is 2.50. The molecule has 0 spiro atoms. The van der Waals surface area contributed by atoms with Crippen LogP contribution in [0.15, 0.2) is 42.5 Å². The number of hydrogen-bond acceptors (Lipinski definition) is 2. The lowest BCUT2D eigenvalue weighted by Crippen LogP contribution is -2.36. The zero-order valence-electron chi connectivity index (χ0n) is 13.8. The van der Waals surface area contributed by atoms with Gasteiger partial charge in [-0.25, -0.2) is 0 Å². The van der Waals surface area contributed by atoms with Gasteiger partial charge in [0.1, 0.15) is 0 Å². The van der Waals surface area contributed by atoms with Gasteiger partial charge in [-0.05, 0) is 62.0 Å². The summed E-state index contributed by atoms with van der Waals surface area (Å²) in [4.78, 5) is 2.30. The van der Waals surface area contributed by atoms with Gasteiger partial charge in [-0.2, -0.15) is 0 Å². The van der Waals surface area contributed by atoms with E-state index in [1.807, 2.05) is 0 Å². The van der Waals surface area contributed by atoms with Crippen molar-refractivity contribution in [3.05, 3.63) is 58.1 Å². The first-order chi connectivity index (χ1) is 11.5. The normalized spacial score (nSPS) is 10.3. The maximum absolute atomic E-state index is 5.98. The van der Waals surface area contributed by atoms with E-state index in [0.29, 0.717) is 15.2 Å². The van der Waals surface area contributed by atoms with Gasteiger partial charge in [0.2, 0.25) is 0 Å². The van der Waals surface area contributed by atoms with E-state index in [1.165, 1.54) is 11.3 Å². The van der Waals surface area contributed by atoms with Crippen LogP contribution in [0.3, 0.4) is 0 Å². The summed E-state index contributed by atoms with van der Waals surface area (Å²) < 4.78 is 0. The van der Waals surface area contributed by atoms with E-state index in [4.69, 9.17) is 35.4 Å². The largest absolute Gasteiger partial charge is 0.370 e. The topological polar surface area (TPSA) is 27.3 Å². The van der Waals surface area contributed by atoms with Crippen LogP contribution in [0.25, 0.3) is 0 Å². The lowest BCUT2D eigenvalue weighted by atomic mass is 10.2. The van der Waals surface area contributed by atoms with E-state index in [1.54, 1.807) is 18.2 Å². The standard InChI is InChI=1S/C18H21Cl2N3S/c1-3-23(17-6-4-5-13(2)9-17)8-7-21-18(24)22-16-11-14(19)10-15(20)12-16/h4-6,9-12H,3,7-8H2,1-2H3,(H2,21,22,24). The molecule has 2 rings (SSSR count). The molecule has 2 aromatic carbocycles. The van der Waals surface area contributed by atoms with Gasteiger partial charge in [0.25, 0.3) is 0 Å². The molecule has 2 N–H and O–H groups in total. The number of aryl methyl sites for hydroxylation is 1. The predicted molar refractivity (Wildman–Crippen MR) is 110 cm³/mol. The fraction of sp³-hybridized carbons (Fsp3) is 0.278. The van der Waals surface area contributed by atoms with Gasteiger partial charge in [0, 0.05) is 41.1 Å². The SMILES string of the molecule is CCN(CCNC(=S)Nc1cc(Cl)cc(Cl)c1)c1cccc(C)c1. The fourth-order valence-corrected chi connectivity index (χ4v) is 3.15. The van der Waals surface area contributed by atoms with E-state index in [0.717, 1.165) is 25.3 Å². The van der Waals surface area contributed by atoms with Crippen LogP contribution in [-0.4, -0.2) is 24.7 Å². The van der Waals surface area contributed by atoms with E-state index in [2.05, 4.69) is 53.6 Å². The van der Waals surface area contributed by atoms with Crippen molar-refractivity contribution in [2.75, 3.05) is 29.9 Å². The molecule has 24 heavy (non-hydrogen) atoms. The molecule has 0 heterocycles. The molecule has 0 saturated heterocycles. The molecule has 0 amide bonds. The second-order valence-corrected chi connectivity index (χ2v) is 6.74. The molecular formula is C18H21Cl2N3S. The first kappa shape index (κ1) is 18.8. The van der Waals surface area contributed by atoms with E-state index < -0.39 is 0 Å². The molecule has 0 fully saturated rings. The van der Waals surface area contributed by atoms with Gasteiger partial charge in [-0.3, -0.25) is 0 Å². The second-order valence-electron chi connectivity index (χ2n) is 5.46. The van der Waals surface area contributed by atoms with Crippen LogP contribution < -0.4 is 15.5 Å². The fourth-order valence-electron chi connectivity index (χ4n) is 2.40. The molecule has 0 radical (unpaired) electrons. The molecule has 0 unspecified atom stereocenters. The summed E-state index contributed by atoms with van der Waals surface area (Å²) in [5, 5.41) is 8.01. The summed E-state index contributed by atoms with van der Waals surface area (Å²) in [7, 11) is 0. The van der Waals surface area contributed by atoms with Crippen molar-refractivity contribution in [2.24, 2.45) is 0 Å². The van der Waals surface area contributed by atoms with Crippen molar-refractivity contribution < 1.29 is 0 Å². The maximum atomic E-state index is 5.98. The summed E-state index contributed by atoms with van der Waals surface area (Å²) in [6.07, 6.45) is 0. The Labute approximate surface area is 159 Å². The highest BCUT2D eigenvalue weighted by atomic mass is 35.5. The van der Waals surface area contributed by atoms with Crippen molar-refractivity contribution >= 4 is 51.9 Å². The third-order valence-corrected chi connectivity index (χ3v) is 4.22. The molecule has 2 aromatic rings. The van der Waals surface area contributed by atoms with Crippen LogP contribution in [-0.2, 0) is 0 Å². The van der Waals surface area contributed by atoms with Crippen molar-refractivity contribution in [3.63, 3.8) is 0 Å². The minimum atomic E-state index is 0.550. The second kappa shape index (κ2) is 9.11. The highest BCUT2D eigenvalue weighted by Crippen LogP contribution is 2.22. The highest BCUT2D eigenvalue weighted by molar-refractivity contribution is 7.80. The third kappa shape index (κ3) is 5.86. The van der Waals surface area contributed by atoms with Crippen LogP contribution in [0.4, 0.5) is 11.4 Å². The first-order valence-corrected chi connectivity index (χ1v) is 8.97. The Kier molecular flexibility index (Phi) is 7.16. The minimum Gasteiger partial charge on any atom is -0.370 e. The number of anilines is 2. The Morgan fingerprint density at radius 1 is 1.12 bits per heavy atom. The summed E-state index contributed by atoms with van der Waals surface area (Å²) in [6, 6.07) is 13.8. The molecule has 3 nitrogen and oxygen atoms in total. The summed E-state index contributed by atoms with van der Waals surface area (Å²) in [6.45, 7) is 6.78. The molecule has 0 saturated carbocycles. The van der Waals surface area contributed by atoms with E-state index >= 15 is 0 Å². The molecule has 0 aromatic heterocycles. The molecular weight excluding hydrogens is 361 g/mol. The minimum absolute atomic E-state index is 0.550. The number of benzene rings is 2. The Morgan fingerprint density at radius 2 is 1.83 bits per heavy atom. The molecule has 0 bridgehead atoms. The molecule has 128 valence electrons. The molecule has 0 aliphatic carbocycles. The number of nitrogens with zero attached hydrogens (tertiary/aromatic N) is 1. The third-order valence-electron chi connectivity index (χ3n) is 3.54. The van der Waals surface area contributed by atoms with E-state index in [-0.39, 0.29) is 0 Å². The lowest BCUT2D eigenvalue weighted by molar-refractivity contribution is 0.779. The molecule has 0 aliphatic heterocycles. The Balaban J connectivity index is 1.85. The van der Waals surface area contributed by atoms with Gasteiger partial charge in [-0.15, -0.1) is 0 Å². The van der Waals surface area contributed by atoms with Gasteiger partial charge in [0.15, 0.2) is 5.11 Å². The molecule has 6 heteroatoms. The average molecular weight is 382 g/mol. The predicted octanol–water partition coefficient (Wildman–Crippen LogP) is 5.11. The van der Waals surface area contributed by atoms with Gasteiger partial charge < -0.3 is 15.5 Å². The number of likely N-dealkylation sites (N-methyl/N-ethyl adjacent to an activating group) is 1. The zero-order chi connectivity index (χ0) is 17.5.